The summed E-state index contributed by atoms with van der Waals surface area (Å²) in [5.74, 6) is -4.27. The van der Waals surface area contributed by atoms with E-state index < -0.39 is 43.2 Å². The Bertz CT molecular complexity index is 512. The molecule has 0 unspecified atom stereocenters. The normalized spacial score (nSPS) is 10.1. The van der Waals surface area contributed by atoms with E-state index >= 15 is 0 Å². The summed E-state index contributed by atoms with van der Waals surface area (Å²) in [4.78, 5) is 33.7. The first-order valence-electron chi connectivity index (χ1n) is 5.45. The SMILES string of the molecule is O=C(O)CN(CC(=O)O)C(=O)Cc1c(F)cccc1Cl. The monoisotopic (exact) mass is 303 g/mol. The van der Waals surface area contributed by atoms with Crippen LogP contribution in [0, 0.1) is 5.82 Å². The van der Waals surface area contributed by atoms with Crippen molar-refractivity contribution in [3.63, 3.8) is 0 Å². The number of carboxylic acid groups (broad SMARTS) is 2. The molecule has 0 heterocycles. The summed E-state index contributed by atoms with van der Waals surface area (Å²) in [6.07, 6.45) is -0.508. The van der Waals surface area contributed by atoms with Crippen molar-refractivity contribution in [3.05, 3.63) is 34.6 Å². The molecule has 0 atom stereocenters. The average Bonchev–Trinajstić information content (AvgIpc) is 2.31. The predicted octanol–water partition coefficient (Wildman–Crippen LogP) is 1.02. The molecule has 0 aliphatic rings. The van der Waals surface area contributed by atoms with E-state index in [0.717, 1.165) is 6.07 Å². The molecule has 20 heavy (non-hydrogen) atoms. The summed E-state index contributed by atoms with van der Waals surface area (Å²) in [5, 5.41) is 17.3. The number of carboxylic acids is 2. The number of halogens is 2. The van der Waals surface area contributed by atoms with Crippen LogP contribution in [0.15, 0.2) is 18.2 Å². The molecule has 6 nitrogen and oxygen atoms in total. The highest BCUT2D eigenvalue weighted by Crippen LogP contribution is 2.20. The first-order valence-corrected chi connectivity index (χ1v) is 5.83. The van der Waals surface area contributed by atoms with E-state index in [4.69, 9.17) is 21.8 Å². The van der Waals surface area contributed by atoms with Crippen LogP contribution >= 0.6 is 11.6 Å². The maximum Gasteiger partial charge on any atom is 0.323 e. The fraction of sp³-hybridized carbons (Fsp3) is 0.250. The van der Waals surface area contributed by atoms with Gasteiger partial charge in [0, 0.05) is 10.6 Å². The van der Waals surface area contributed by atoms with Crippen LogP contribution < -0.4 is 0 Å². The summed E-state index contributed by atoms with van der Waals surface area (Å²) in [6, 6.07) is 3.84. The molecule has 0 aliphatic heterocycles. The molecule has 108 valence electrons. The molecule has 1 amide bonds. The summed E-state index contributed by atoms with van der Waals surface area (Å²) in [6.45, 7) is -1.56. The Labute approximate surface area is 118 Å². The van der Waals surface area contributed by atoms with E-state index in [9.17, 15) is 18.8 Å². The molecule has 0 bridgehead atoms. The zero-order valence-corrected chi connectivity index (χ0v) is 10.9. The minimum absolute atomic E-state index is 0.0175. The number of benzene rings is 1. The van der Waals surface area contributed by atoms with Gasteiger partial charge >= 0.3 is 11.9 Å². The zero-order valence-electron chi connectivity index (χ0n) is 10.2. The van der Waals surface area contributed by atoms with Crippen molar-refractivity contribution in [2.75, 3.05) is 13.1 Å². The highest BCUT2D eigenvalue weighted by Gasteiger charge is 2.22. The third kappa shape index (κ3) is 4.51. The fourth-order valence-corrected chi connectivity index (χ4v) is 1.75. The van der Waals surface area contributed by atoms with Gasteiger partial charge in [0.2, 0.25) is 5.91 Å². The number of amides is 1. The Balaban J connectivity index is 2.90. The molecule has 1 aromatic rings. The summed E-state index contributed by atoms with van der Waals surface area (Å²) >= 11 is 5.75. The van der Waals surface area contributed by atoms with Gasteiger partial charge in [0.25, 0.3) is 0 Å². The third-order valence-corrected chi connectivity index (χ3v) is 2.75. The van der Waals surface area contributed by atoms with E-state index in [1.807, 2.05) is 0 Å². The van der Waals surface area contributed by atoms with Crippen LogP contribution in [-0.4, -0.2) is 46.0 Å². The number of carbonyl (C=O) groups is 3. The van der Waals surface area contributed by atoms with Crippen molar-refractivity contribution in [2.45, 2.75) is 6.42 Å². The fourth-order valence-electron chi connectivity index (χ4n) is 1.52. The molecule has 8 heteroatoms. The smallest absolute Gasteiger partial charge is 0.323 e. The highest BCUT2D eigenvalue weighted by molar-refractivity contribution is 6.31. The molecule has 0 radical (unpaired) electrons. The van der Waals surface area contributed by atoms with Crippen LogP contribution in [0.1, 0.15) is 5.56 Å². The Hall–Kier alpha value is -2.15. The van der Waals surface area contributed by atoms with Crippen molar-refractivity contribution >= 4 is 29.4 Å². The van der Waals surface area contributed by atoms with Gasteiger partial charge in [-0.2, -0.15) is 0 Å². The lowest BCUT2D eigenvalue weighted by atomic mass is 10.1. The largest absolute Gasteiger partial charge is 0.480 e. The Morgan fingerprint density at radius 2 is 1.70 bits per heavy atom. The van der Waals surface area contributed by atoms with E-state index in [0.29, 0.717) is 4.90 Å². The van der Waals surface area contributed by atoms with Gasteiger partial charge in [0.1, 0.15) is 18.9 Å². The van der Waals surface area contributed by atoms with Gasteiger partial charge < -0.3 is 15.1 Å². The Kier molecular flexibility index (Phi) is 5.45. The minimum atomic E-state index is -1.36. The molecule has 0 fully saturated rings. The molecule has 0 spiro atoms. The molecule has 0 saturated heterocycles. The summed E-state index contributed by atoms with van der Waals surface area (Å²) in [5.41, 5.74) is -0.0973. The number of rotatable bonds is 6. The van der Waals surface area contributed by atoms with E-state index in [-0.39, 0.29) is 10.6 Å². The second-order valence-corrected chi connectivity index (χ2v) is 4.32. The molecule has 1 aromatic carbocycles. The Morgan fingerprint density at radius 1 is 1.15 bits per heavy atom. The number of aliphatic carboxylic acids is 2. The zero-order chi connectivity index (χ0) is 15.3. The number of hydrogen-bond acceptors (Lipinski definition) is 3. The first kappa shape index (κ1) is 15.9. The molecular formula is C12H11ClFNO5. The van der Waals surface area contributed by atoms with Gasteiger partial charge in [-0.05, 0) is 12.1 Å². The maximum absolute atomic E-state index is 13.5. The number of hydrogen-bond donors (Lipinski definition) is 2. The van der Waals surface area contributed by atoms with E-state index in [1.54, 1.807) is 0 Å². The van der Waals surface area contributed by atoms with Crippen molar-refractivity contribution < 1.29 is 29.0 Å². The maximum atomic E-state index is 13.5. The molecule has 2 N–H and O–H groups in total. The highest BCUT2D eigenvalue weighted by atomic mass is 35.5. The van der Waals surface area contributed by atoms with Crippen molar-refractivity contribution in [2.24, 2.45) is 0 Å². The van der Waals surface area contributed by atoms with E-state index in [1.165, 1.54) is 12.1 Å². The quantitative estimate of drug-likeness (QED) is 0.818. The molecule has 0 saturated carbocycles. The lowest BCUT2D eigenvalue weighted by molar-refractivity contribution is -0.149. The number of nitrogens with zero attached hydrogens (tertiary/aromatic N) is 1. The predicted molar refractivity (Wildman–Crippen MR) is 67.0 cm³/mol. The van der Waals surface area contributed by atoms with Crippen LogP contribution in [0.25, 0.3) is 0 Å². The molecule has 0 aromatic heterocycles. The topological polar surface area (TPSA) is 94.9 Å². The summed E-state index contributed by atoms with van der Waals surface area (Å²) < 4.78 is 13.5. The molecular weight excluding hydrogens is 293 g/mol. The third-order valence-electron chi connectivity index (χ3n) is 2.39. The van der Waals surface area contributed by atoms with Crippen LogP contribution in [0.4, 0.5) is 4.39 Å². The second-order valence-electron chi connectivity index (χ2n) is 3.91. The lowest BCUT2D eigenvalue weighted by Gasteiger charge is -2.18. The van der Waals surface area contributed by atoms with Crippen molar-refractivity contribution in [1.82, 2.24) is 4.90 Å². The van der Waals surface area contributed by atoms with Crippen molar-refractivity contribution in [1.29, 1.82) is 0 Å². The Morgan fingerprint density at radius 3 is 2.15 bits per heavy atom. The average molecular weight is 304 g/mol. The standard InChI is InChI=1S/C12H11ClFNO5/c13-8-2-1-3-9(14)7(8)4-10(16)15(5-11(17)18)6-12(19)20/h1-3H,4-6H2,(H,17,18)(H,19,20). The van der Waals surface area contributed by atoms with Gasteiger partial charge in [-0.1, -0.05) is 17.7 Å². The van der Waals surface area contributed by atoms with Gasteiger partial charge in [-0.25, -0.2) is 4.39 Å². The van der Waals surface area contributed by atoms with Crippen LogP contribution in [0.3, 0.4) is 0 Å². The molecule has 0 aliphatic carbocycles. The number of carbonyl (C=O) groups excluding carboxylic acids is 1. The van der Waals surface area contributed by atoms with Gasteiger partial charge in [0.15, 0.2) is 0 Å². The van der Waals surface area contributed by atoms with Gasteiger partial charge in [-0.3, -0.25) is 14.4 Å². The van der Waals surface area contributed by atoms with E-state index in [2.05, 4.69) is 0 Å². The van der Waals surface area contributed by atoms with Crippen molar-refractivity contribution in [3.8, 4) is 0 Å². The summed E-state index contributed by atoms with van der Waals surface area (Å²) in [7, 11) is 0. The minimum Gasteiger partial charge on any atom is -0.480 e. The van der Waals surface area contributed by atoms with Gasteiger partial charge in [-0.15, -0.1) is 0 Å². The van der Waals surface area contributed by atoms with Crippen LogP contribution in [-0.2, 0) is 20.8 Å². The lowest BCUT2D eigenvalue weighted by Crippen LogP contribution is -2.40. The van der Waals surface area contributed by atoms with Crippen LogP contribution in [0.5, 0.6) is 0 Å². The molecule has 1 rings (SSSR count). The van der Waals surface area contributed by atoms with Crippen LogP contribution in [0.2, 0.25) is 5.02 Å². The van der Waals surface area contributed by atoms with Gasteiger partial charge in [0.05, 0.1) is 6.42 Å². The first-order chi connectivity index (χ1) is 9.31. The second kappa shape index (κ2) is 6.85.